The van der Waals surface area contributed by atoms with Gasteiger partial charge in [0.25, 0.3) is 0 Å². The molecule has 0 aliphatic heterocycles. The average molecular weight is 276 g/mol. The van der Waals surface area contributed by atoms with Crippen LogP contribution in [0.1, 0.15) is 12.0 Å². The van der Waals surface area contributed by atoms with Crippen molar-refractivity contribution in [2.24, 2.45) is 0 Å². The van der Waals surface area contributed by atoms with Gasteiger partial charge in [-0.3, -0.25) is 14.6 Å². The van der Waals surface area contributed by atoms with E-state index in [4.69, 9.17) is 16.9 Å². The maximum Gasteiger partial charge on any atom is 0.0932 e. The predicted octanol–water partition coefficient (Wildman–Crippen LogP) is 2.30. The number of aromatic nitrogens is 3. The van der Waals surface area contributed by atoms with Gasteiger partial charge in [0.1, 0.15) is 0 Å². The Morgan fingerprint density at radius 1 is 1.42 bits per heavy atom. The topological polar surface area (TPSA) is 57.7 Å². The maximum absolute atomic E-state index is 8.72. The first-order valence-electron chi connectivity index (χ1n) is 5.94. The van der Waals surface area contributed by atoms with Gasteiger partial charge < -0.3 is 0 Å². The Balaban J connectivity index is 2.01. The van der Waals surface area contributed by atoms with E-state index in [1.165, 1.54) is 0 Å². The van der Waals surface area contributed by atoms with Crippen molar-refractivity contribution in [2.45, 2.75) is 19.6 Å². The summed E-state index contributed by atoms with van der Waals surface area (Å²) in [5, 5.41) is 13.5. The third kappa shape index (κ3) is 4.36. The van der Waals surface area contributed by atoms with E-state index in [1.54, 1.807) is 23.3 Å². The van der Waals surface area contributed by atoms with Crippen LogP contribution < -0.4 is 0 Å². The highest BCUT2D eigenvalue weighted by molar-refractivity contribution is 6.30. The van der Waals surface area contributed by atoms with Gasteiger partial charge >= 0.3 is 0 Å². The molecule has 2 aromatic rings. The predicted molar refractivity (Wildman–Crippen MR) is 72.1 cm³/mol. The lowest BCUT2D eigenvalue weighted by Crippen LogP contribution is -2.27. The molecule has 0 aromatic carbocycles. The van der Waals surface area contributed by atoms with E-state index < -0.39 is 0 Å². The lowest BCUT2D eigenvalue weighted by atomic mass is 10.2. The second-order valence-electron chi connectivity index (χ2n) is 4.16. The highest BCUT2D eigenvalue weighted by Crippen LogP contribution is 2.08. The van der Waals surface area contributed by atoms with Crippen molar-refractivity contribution < 1.29 is 0 Å². The van der Waals surface area contributed by atoms with Gasteiger partial charge in [0.2, 0.25) is 0 Å². The third-order valence-corrected chi connectivity index (χ3v) is 2.81. The minimum absolute atomic E-state index is 0.481. The maximum atomic E-state index is 8.72. The minimum atomic E-state index is 0.481. The SMILES string of the molecule is N#CCCN(Cc1cccnc1)Cn1cc(Cl)cn1. The quantitative estimate of drug-likeness (QED) is 0.812. The summed E-state index contributed by atoms with van der Waals surface area (Å²) in [5.41, 5.74) is 1.11. The van der Waals surface area contributed by atoms with Gasteiger partial charge in [0, 0.05) is 38.1 Å². The fourth-order valence-corrected chi connectivity index (χ4v) is 1.93. The summed E-state index contributed by atoms with van der Waals surface area (Å²) in [6, 6.07) is 6.08. The second-order valence-corrected chi connectivity index (χ2v) is 4.60. The molecule has 0 N–H and O–H groups in total. The normalized spacial score (nSPS) is 10.6. The van der Waals surface area contributed by atoms with Crippen LogP contribution in [0.15, 0.2) is 36.9 Å². The summed E-state index contributed by atoms with van der Waals surface area (Å²) in [7, 11) is 0. The zero-order valence-corrected chi connectivity index (χ0v) is 11.2. The first-order chi connectivity index (χ1) is 9.28. The highest BCUT2D eigenvalue weighted by Gasteiger charge is 2.07. The molecule has 2 rings (SSSR count). The van der Waals surface area contributed by atoms with Crippen LogP contribution in [0.25, 0.3) is 0 Å². The molecule has 0 bridgehead atoms. The Hall–Kier alpha value is -1.90. The highest BCUT2D eigenvalue weighted by atomic mass is 35.5. The van der Waals surface area contributed by atoms with Gasteiger partial charge in [-0.25, -0.2) is 0 Å². The van der Waals surface area contributed by atoms with Crippen LogP contribution >= 0.6 is 11.6 Å². The number of nitrogens with zero attached hydrogens (tertiary/aromatic N) is 5. The summed E-state index contributed by atoms with van der Waals surface area (Å²) in [5.74, 6) is 0. The number of rotatable bonds is 6. The van der Waals surface area contributed by atoms with Crippen molar-refractivity contribution in [3.8, 4) is 6.07 Å². The fraction of sp³-hybridized carbons (Fsp3) is 0.308. The number of hydrogen-bond donors (Lipinski definition) is 0. The zero-order valence-electron chi connectivity index (χ0n) is 10.4. The summed E-state index contributed by atoms with van der Waals surface area (Å²) in [6.07, 6.45) is 7.43. The molecular weight excluding hydrogens is 262 g/mol. The minimum Gasteiger partial charge on any atom is -0.279 e. The van der Waals surface area contributed by atoms with Crippen LogP contribution in [-0.4, -0.2) is 26.2 Å². The lowest BCUT2D eigenvalue weighted by molar-refractivity contribution is 0.203. The van der Waals surface area contributed by atoms with Crippen molar-refractivity contribution in [3.63, 3.8) is 0 Å². The van der Waals surface area contributed by atoms with E-state index in [0.717, 1.165) is 12.1 Å². The van der Waals surface area contributed by atoms with Crippen molar-refractivity contribution >= 4 is 11.6 Å². The van der Waals surface area contributed by atoms with Crippen molar-refractivity contribution in [3.05, 3.63) is 47.5 Å². The van der Waals surface area contributed by atoms with E-state index in [9.17, 15) is 0 Å². The average Bonchev–Trinajstić information content (AvgIpc) is 2.82. The Bertz CT molecular complexity index is 546. The van der Waals surface area contributed by atoms with Crippen LogP contribution in [0, 0.1) is 11.3 Å². The zero-order chi connectivity index (χ0) is 13.5. The van der Waals surface area contributed by atoms with E-state index >= 15 is 0 Å². The molecule has 5 nitrogen and oxygen atoms in total. The van der Waals surface area contributed by atoms with Crippen molar-refractivity contribution in [1.29, 1.82) is 5.26 Å². The fourth-order valence-electron chi connectivity index (χ4n) is 1.78. The molecular formula is C13H14ClN5. The molecule has 0 spiro atoms. The van der Waals surface area contributed by atoms with Crippen LogP contribution in [0.3, 0.4) is 0 Å². The summed E-state index contributed by atoms with van der Waals surface area (Å²) < 4.78 is 1.76. The molecule has 2 aromatic heterocycles. The second kappa shape index (κ2) is 6.88. The van der Waals surface area contributed by atoms with E-state index in [0.29, 0.717) is 24.7 Å². The molecule has 0 fully saturated rings. The standard InChI is InChI=1S/C13H14ClN5/c14-13-8-17-19(10-13)11-18(6-2-4-15)9-12-3-1-5-16-7-12/h1,3,5,7-8,10H,2,6,9,11H2. The molecule has 0 aliphatic carbocycles. The van der Waals surface area contributed by atoms with Crippen LogP contribution in [0.4, 0.5) is 0 Å². The van der Waals surface area contributed by atoms with Crippen molar-refractivity contribution in [1.82, 2.24) is 19.7 Å². The lowest BCUT2D eigenvalue weighted by Gasteiger charge is -2.20. The molecule has 0 saturated carbocycles. The molecule has 0 saturated heterocycles. The smallest absolute Gasteiger partial charge is 0.0932 e. The monoisotopic (exact) mass is 275 g/mol. The Morgan fingerprint density at radius 2 is 2.32 bits per heavy atom. The summed E-state index contributed by atoms with van der Waals surface area (Å²) in [4.78, 5) is 6.22. The summed E-state index contributed by atoms with van der Waals surface area (Å²) >= 11 is 5.84. The van der Waals surface area contributed by atoms with Gasteiger partial charge in [-0.2, -0.15) is 10.4 Å². The van der Waals surface area contributed by atoms with Crippen LogP contribution in [0.2, 0.25) is 5.02 Å². The molecule has 2 heterocycles. The number of pyridine rings is 1. The molecule has 19 heavy (non-hydrogen) atoms. The van der Waals surface area contributed by atoms with Gasteiger partial charge in [-0.05, 0) is 11.6 Å². The Kier molecular flexibility index (Phi) is 4.90. The molecule has 0 amide bonds. The molecule has 0 aliphatic rings. The first-order valence-corrected chi connectivity index (χ1v) is 6.32. The Labute approximate surface area is 117 Å². The van der Waals surface area contributed by atoms with Crippen LogP contribution in [0.5, 0.6) is 0 Å². The molecule has 98 valence electrons. The Morgan fingerprint density at radius 3 is 2.95 bits per heavy atom. The first kappa shape index (κ1) is 13.5. The van der Waals surface area contributed by atoms with E-state index in [2.05, 4.69) is 21.1 Å². The van der Waals surface area contributed by atoms with E-state index in [-0.39, 0.29) is 0 Å². The molecule has 0 unspecified atom stereocenters. The van der Waals surface area contributed by atoms with Crippen LogP contribution in [-0.2, 0) is 13.2 Å². The third-order valence-electron chi connectivity index (χ3n) is 2.62. The van der Waals surface area contributed by atoms with Gasteiger partial charge in [-0.1, -0.05) is 17.7 Å². The van der Waals surface area contributed by atoms with Crippen molar-refractivity contribution in [2.75, 3.05) is 6.54 Å². The van der Waals surface area contributed by atoms with Gasteiger partial charge in [0.15, 0.2) is 0 Å². The molecule has 0 radical (unpaired) electrons. The summed E-state index contributed by atoms with van der Waals surface area (Å²) in [6.45, 7) is 2.01. The van der Waals surface area contributed by atoms with E-state index in [1.807, 2.05) is 18.3 Å². The van der Waals surface area contributed by atoms with Gasteiger partial charge in [0.05, 0.1) is 24.0 Å². The molecule has 0 atom stereocenters. The number of halogens is 1. The largest absolute Gasteiger partial charge is 0.279 e. The van der Waals surface area contributed by atoms with Gasteiger partial charge in [-0.15, -0.1) is 0 Å². The number of hydrogen-bond acceptors (Lipinski definition) is 4. The molecule has 6 heteroatoms. The number of nitriles is 1.